The van der Waals surface area contributed by atoms with Crippen molar-refractivity contribution in [1.29, 1.82) is 0 Å². The van der Waals surface area contributed by atoms with Crippen molar-refractivity contribution in [3.05, 3.63) is 83.6 Å². The first-order valence-corrected chi connectivity index (χ1v) is 14.7. The third kappa shape index (κ3) is 6.65. The van der Waals surface area contributed by atoms with Crippen molar-refractivity contribution < 1.29 is 26.4 Å². The van der Waals surface area contributed by atoms with Gasteiger partial charge in [0.05, 0.1) is 11.5 Å². The van der Waals surface area contributed by atoms with Crippen LogP contribution in [0.25, 0.3) is 22.2 Å². The number of anilines is 1. The fraction of sp³-hybridized carbons (Fsp3) is 0.310. The Labute approximate surface area is 232 Å². The Bertz CT molecular complexity index is 1570. The van der Waals surface area contributed by atoms with Crippen LogP contribution >= 0.6 is 0 Å². The summed E-state index contributed by atoms with van der Waals surface area (Å²) in [5, 5.41) is 3.03. The van der Waals surface area contributed by atoms with Crippen LogP contribution in [0.15, 0.2) is 70.8 Å². The third-order valence-electron chi connectivity index (χ3n) is 6.68. The highest BCUT2D eigenvalue weighted by Gasteiger charge is 2.24. The predicted molar refractivity (Wildman–Crippen MR) is 152 cm³/mol. The molecule has 0 spiro atoms. The zero-order valence-electron chi connectivity index (χ0n) is 22.7. The fourth-order valence-corrected chi connectivity index (χ4v) is 5.65. The van der Waals surface area contributed by atoms with E-state index >= 15 is 8.78 Å². The maximum Gasteiger partial charge on any atom is 0.300 e. The summed E-state index contributed by atoms with van der Waals surface area (Å²) in [4.78, 5) is 20.0. The molecule has 1 N–H and O–H groups in total. The van der Waals surface area contributed by atoms with Crippen molar-refractivity contribution >= 4 is 32.9 Å². The van der Waals surface area contributed by atoms with Gasteiger partial charge in [-0.05, 0) is 42.3 Å². The van der Waals surface area contributed by atoms with Crippen LogP contribution < -0.4 is 5.32 Å². The first-order chi connectivity index (χ1) is 19.0. The number of fused-ring (bicyclic) bond motifs is 1. The molecular formula is C29H32F2N4O4S. The summed E-state index contributed by atoms with van der Waals surface area (Å²) in [6, 6.07) is 7.77. The average molecular weight is 571 g/mol. The highest BCUT2D eigenvalue weighted by Crippen LogP contribution is 2.33. The molecule has 0 atom stereocenters. The number of rotatable bonds is 9. The Balaban J connectivity index is 1.59. The van der Waals surface area contributed by atoms with Crippen molar-refractivity contribution in [1.82, 2.24) is 14.8 Å². The lowest BCUT2D eigenvalue weighted by Gasteiger charge is -2.26. The standard InChI is InChI=1S/C29H32F2N4O4S/c1-5-19(28(36)34(3)4)10-11-21(6-2)32-29-33-26-9-7-8-22(27(26)39-29)20-16-24(30)23(25(31)17-20)18-35-12-14-40(37,38)15-13-35/h6-11,16-17H,2,5,12-15,18H2,1,3-4H3,(H,32,33)/b19-10+,21-11+. The van der Waals surface area contributed by atoms with Crippen molar-refractivity contribution in [2.24, 2.45) is 0 Å². The van der Waals surface area contributed by atoms with Crippen molar-refractivity contribution in [3.63, 3.8) is 0 Å². The zero-order valence-corrected chi connectivity index (χ0v) is 23.5. The minimum absolute atomic E-state index is 0.0148. The molecule has 1 aliphatic rings. The number of sulfone groups is 1. The van der Waals surface area contributed by atoms with Gasteiger partial charge in [0.1, 0.15) is 17.2 Å². The van der Waals surface area contributed by atoms with Crippen LogP contribution in [0.2, 0.25) is 0 Å². The minimum atomic E-state index is -3.09. The molecule has 11 heteroatoms. The number of nitrogens with one attached hydrogen (secondary N) is 1. The number of hydrogen-bond donors (Lipinski definition) is 1. The van der Waals surface area contributed by atoms with Gasteiger partial charge in [-0.25, -0.2) is 17.2 Å². The Morgan fingerprint density at radius 3 is 2.45 bits per heavy atom. The van der Waals surface area contributed by atoms with E-state index in [-0.39, 0.29) is 54.2 Å². The van der Waals surface area contributed by atoms with Gasteiger partial charge in [-0.3, -0.25) is 9.69 Å². The molecule has 2 aromatic carbocycles. The van der Waals surface area contributed by atoms with E-state index in [1.165, 1.54) is 17.0 Å². The Morgan fingerprint density at radius 1 is 1.18 bits per heavy atom. The van der Waals surface area contributed by atoms with E-state index in [1.54, 1.807) is 55.4 Å². The van der Waals surface area contributed by atoms with Gasteiger partial charge in [-0.1, -0.05) is 31.7 Å². The molecule has 3 aromatic rings. The van der Waals surface area contributed by atoms with E-state index in [9.17, 15) is 13.2 Å². The molecule has 0 aliphatic carbocycles. The summed E-state index contributed by atoms with van der Waals surface area (Å²) in [5.41, 5.74) is 2.61. The molecule has 1 amide bonds. The maximum absolute atomic E-state index is 15.1. The molecule has 1 fully saturated rings. The van der Waals surface area contributed by atoms with Gasteiger partial charge in [0.25, 0.3) is 6.01 Å². The average Bonchev–Trinajstić information content (AvgIpc) is 3.33. The number of halogens is 2. The molecule has 0 bridgehead atoms. The first-order valence-electron chi connectivity index (χ1n) is 12.8. The fourth-order valence-electron chi connectivity index (χ4n) is 4.37. The van der Waals surface area contributed by atoms with Gasteiger partial charge in [-0.15, -0.1) is 0 Å². The zero-order chi connectivity index (χ0) is 29.0. The van der Waals surface area contributed by atoms with Crippen LogP contribution in [-0.4, -0.2) is 67.8 Å². The highest BCUT2D eigenvalue weighted by molar-refractivity contribution is 7.91. The maximum atomic E-state index is 15.1. The number of aromatic nitrogens is 1. The summed E-state index contributed by atoms with van der Waals surface area (Å²) in [7, 11) is 0.282. The SMILES string of the molecule is C=C/C(=C\C=C(/CC)C(=O)N(C)C)Nc1nc2cccc(-c3cc(F)c(CN4CCS(=O)(=O)CC4)c(F)c3)c2o1. The van der Waals surface area contributed by atoms with Crippen molar-refractivity contribution in [3.8, 4) is 11.1 Å². The largest absolute Gasteiger partial charge is 0.423 e. The van der Waals surface area contributed by atoms with Crippen LogP contribution in [0.3, 0.4) is 0 Å². The molecule has 0 saturated carbocycles. The number of carbonyl (C=O) groups excluding carboxylic acids is 1. The second kappa shape index (κ2) is 12.1. The van der Waals surface area contributed by atoms with Crippen LogP contribution in [0.1, 0.15) is 18.9 Å². The molecule has 0 radical (unpaired) electrons. The van der Waals surface area contributed by atoms with Gasteiger partial charge >= 0.3 is 0 Å². The first kappa shape index (κ1) is 29.2. The van der Waals surface area contributed by atoms with Gasteiger partial charge in [0.2, 0.25) is 5.91 Å². The Kier molecular flexibility index (Phi) is 8.85. The number of nitrogens with zero attached hydrogens (tertiary/aromatic N) is 3. The lowest BCUT2D eigenvalue weighted by atomic mass is 10.0. The molecule has 0 unspecified atom stereocenters. The summed E-state index contributed by atoms with van der Waals surface area (Å²) >= 11 is 0. The number of amides is 1. The van der Waals surface area contributed by atoms with E-state index in [0.717, 1.165) is 0 Å². The minimum Gasteiger partial charge on any atom is -0.423 e. The second-order valence-electron chi connectivity index (χ2n) is 9.72. The number of allylic oxidation sites excluding steroid dienone is 3. The monoisotopic (exact) mass is 570 g/mol. The van der Waals surface area contributed by atoms with Crippen LogP contribution in [0.4, 0.5) is 14.8 Å². The summed E-state index contributed by atoms with van der Waals surface area (Å²) < 4.78 is 59.5. The molecular weight excluding hydrogens is 538 g/mol. The van der Waals surface area contributed by atoms with Gasteiger partial charge in [0, 0.05) is 56.1 Å². The molecule has 1 aliphatic heterocycles. The quantitative estimate of drug-likeness (QED) is 0.289. The number of carbonyl (C=O) groups is 1. The molecule has 1 saturated heterocycles. The van der Waals surface area contributed by atoms with E-state index in [2.05, 4.69) is 16.9 Å². The number of oxazole rings is 1. The number of hydrogen-bond acceptors (Lipinski definition) is 7. The Hall–Kier alpha value is -3.83. The van der Waals surface area contributed by atoms with E-state index in [0.29, 0.717) is 34.4 Å². The van der Waals surface area contributed by atoms with Crippen molar-refractivity contribution in [2.45, 2.75) is 19.9 Å². The highest BCUT2D eigenvalue weighted by atomic mass is 32.2. The summed E-state index contributed by atoms with van der Waals surface area (Å²) in [6.07, 6.45) is 5.51. The van der Waals surface area contributed by atoms with E-state index in [4.69, 9.17) is 4.42 Å². The number of likely N-dealkylation sites (N-methyl/N-ethyl adjacent to an activating group) is 1. The lowest BCUT2D eigenvalue weighted by molar-refractivity contribution is -0.124. The Morgan fingerprint density at radius 2 is 1.85 bits per heavy atom. The number of benzene rings is 2. The molecule has 2 heterocycles. The van der Waals surface area contributed by atoms with Crippen LogP contribution in [0.5, 0.6) is 0 Å². The van der Waals surface area contributed by atoms with Crippen molar-refractivity contribution in [2.75, 3.05) is 44.0 Å². The summed E-state index contributed by atoms with van der Waals surface area (Å²) in [5.74, 6) is -1.58. The normalized spacial score (nSPS) is 16.2. The van der Waals surface area contributed by atoms with Crippen LogP contribution in [-0.2, 0) is 21.2 Å². The van der Waals surface area contributed by atoms with Crippen LogP contribution in [0, 0.1) is 11.6 Å². The van der Waals surface area contributed by atoms with E-state index < -0.39 is 21.5 Å². The van der Waals surface area contributed by atoms with E-state index in [1.807, 2.05) is 6.92 Å². The second-order valence-corrected chi connectivity index (χ2v) is 12.0. The molecule has 8 nitrogen and oxygen atoms in total. The molecule has 4 rings (SSSR count). The topological polar surface area (TPSA) is 95.8 Å². The predicted octanol–water partition coefficient (Wildman–Crippen LogP) is 4.91. The van der Waals surface area contributed by atoms with Gasteiger partial charge in [-0.2, -0.15) is 4.98 Å². The molecule has 212 valence electrons. The molecule has 1 aromatic heterocycles. The van der Waals surface area contributed by atoms with Gasteiger partial charge < -0.3 is 14.6 Å². The third-order valence-corrected chi connectivity index (χ3v) is 8.29. The number of para-hydroxylation sites is 1. The summed E-state index contributed by atoms with van der Waals surface area (Å²) in [6.45, 7) is 6.14. The van der Waals surface area contributed by atoms with Gasteiger partial charge in [0.15, 0.2) is 15.4 Å². The lowest BCUT2D eigenvalue weighted by Crippen LogP contribution is -2.40. The smallest absolute Gasteiger partial charge is 0.300 e. The molecule has 40 heavy (non-hydrogen) atoms.